The Hall–Kier alpha value is -2.58. The maximum atomic E-state index is 12.5. The Morgan fingerprint density at radius 2 is 1.61 bits per heavy atom. The van der Waals surface area contributed by atoms with E-state index in [2.05, 4.69) is 5.32 Å². The van der Waals surface area contributed by atoms with Gasteiger partial charge in [0.1, 0.15) is 0 Å². The second-order valence-electron chi connectivity index (χ2n) is 6.01. The summed E-state index contributed by atoms with van der Waals surface area (Å²) in [5.74, 6) is 0.645. The van der Waals surface area contributed by atoms with Gasteiger partial charge in [-0.15, -0.1) is 0 Å². The average Bonchev–Trinajstić information content (AvgIpc) is 2.69. The zero-order valence-corrected chi connectivity index (χ0v) is 17.3. The molecule has 0 aromatic heterocycles. The summed E-state index contributed by atoms with van der Waals surface area (Å²) in [6.45, 7) is 6.00. The molecule has 1 amide bonds. The van der Waals surface area contributed by atoms with Crippen LogP contribution in [0.25, 0.3) is 0 Å². The van der Waals surface area contributed by atoms with Gasteiger partial charge in [0.25, 0.3) is 5.91 Å². The topological polar surface area (TPSA) is 84.9 Å². The summed E-state index contributed by atoms with van der Waals surface area (Å²) in [6, 6.07) is 13.1. The number of carbonyl (C=O) groups is 1. The molecule has 0 aliphatic carbocycles. The Morgan fingerprint density at radius 3 is 2.14 bits per heavy atom. The Labute approximate surface area is 166 Å². The lowest BCUT2D eigenvalue weighted by Crippen LogP contribution is -2.31. The second kappa shape index (κ2) is 9.57. The highest BCUT2D eigenvalue weighted by molar-refractivity contribution is 7.89. The molecule has 0 spiro atoms. The van der Waals surface area contributed by atoms with Crippen LogP contribution >= 0.6 is 0 Å². The van der Waals surface area contributed by atoms with Crippen LogP contribution in [0, 0.1) is 0 Å². The lowest BCUT2D eigenvalue weighted by molar-refractivity contribution is -0.122. The van der Waals surface area contributed by atoms with Gasteiger partial charge in [-0.3, -0.25) is 4.79 Å². The van der Waals surface area contributed by atoms with Crippen LogP contribution in [-0.2, 0) is 14.8 Å². The van der Waals surface area contributed by atoms with E-state index in [0.717, 1.165) is 0 Å². The highest BCUT2D eigenvalue weighted by Gasteiger charge is 2.22. The van der Waals surface area contributed by atoms with Crippen molar-refractivity contribution in [1.82, 2.24) is 4.31 Å². The van der Waals surface area contributed by atoms with E-state index in [9.17, 15) is 13.2 Å². The molecule has 0 bridgehead atoms. The first-order chi connectivity index (χ1) is 13.3. The third-order valence-corrected chi connectivity index (χ3v) is 6.27. The Morgan fingerprint density at radius 1 is 1.04 bits per heavy atom. The van der Waals surface area contributed by atoms with Gasteiger partial charge in [-0.2, -0.15) is 4.31 Å². The van der Waals surface area contributed by atoms with Crippen LogP contribution in [0.1, 0.15) is 20.8 Å². The molecular formula is C20H26N2O5S. The number of anilines is 1. The number of para-hydroxylation sites is 2. The van der Waals surface area contributed by atoms with Gasteiger partial charge >= 0.3 is 0 Å². The number of nitrogens with zero attached hydrogens (tertiary/aromatic N) is 1. The van der Waals surface area contributed by atoms with Gasteiger partial charge < -0.3 is 14.8 Å². The van der Waals surface area contributed by atoms with Crippen molar-refractivity contribution < 1.29 is 22.7 Å². The van der Waals surface area contributed by atoms with E-state index in [-0.39, 0.29) is 10.8 Å². The number of ether oxygens (including phenoxy) is 2. The molecule has 0 heterocycles. The molecule has 0 aliphatic heterocycles. The van der Waals surface area contributed by atoms with E-state index in [0.29, 0.717) is 30.3 Å². The van der Waals surface area contributed by atoms with Crippen molar-refractivity contribution in [3.05, 3.63) is 48.5 Å². The first-order valence-electron chi connectivity index (χ1n) is 9.04. The molecule has 2 aromatic rings. The normalized spacial score (nSPS) is 12.5. The van der Waals surface area contributed by atoms with Crippen molar-refractivity contribution in [3.8, 4) is 11.5 Å². The van der Waals surface area contributed by atoms with Gasteiger partial charge in [-0.1, -0.05) is 26.0 Å². The number of hydrogen-bond donors (Lipinski definition) is 1. The van der Waals surface area contributed by atoms with Gasteiger partial charge in [0.15, 0.2) is 17.6 Å². The summed E-state index contributed by atoms with van der Waals surface area (Å²) in [6.07, 6.45) is -0.768. The molecule has 152 valence electrons. The Kier molecular flexibility index (Phi) is 7.42. The summed E-state index contributed by atoms with van der Waals surface area (Å²) in [4.78, 5) is 12.6. The number of sulfonamides is 1. The Balaban J connectivity index is 2.06. The summed E-state index contributed by atoms with van der Waals surface area (Å²) in [5, 5.41) is 2.72. The minimum Gasteiger partial charge on any atom is -0.493 e. The fourth-order valence-corrected chi connectivity index (χ4v) is 4.08. The van der Waals surface area contributed by atoms with Crippen molar-refractivity contribution in [2.75, 3.05) is 25.5 Å². The van der Waals surface area contributed by atoms with E-state index in [1.54, 1.807) is 51.1 Å². The number of carbonyl (C=O) groups excluding carboxylic acids is 1. The quantitative estimate of drug-likeness (QED) is 0.692. The number of rotatable bonds is 9. The molecule has 1 N–H and O–H groups in total. The summed E-state index contributed by atoms with van der Waals surface area (Å²) < 4.78 is 37.3. The molecule has 28 heavy (non-hydrogen) atoms. The van der Waals surface area contributed by atoms with Crippen LogP contribution in [0.5, 0.6) is 11.5 Å². The summed E-state index contributed by atoms with van der Waals surface area (Å²) in [5.41, 5.74) is 0.485. The smallest absolute Gasteiger partial charge is 0.265 e. The lowest BCUT2D eigenvalue weighted by atomic mass is 10.3. The van der Waals surface area contributed by atoms with Gasteiger partial charge in [0.2, 0.25) is 10.0 Å². The summed E-state index contributed by atoms with van der Waals surface area (Å²) in [7, 11) is -2.00. The van der Waals surface area contributed by atoms with Gasteiger partial charge in [-0.25, -0.2) is 8.42 Å². The van der Waals surface area contributed by atoms with Gasteiger partial charge in [0, 0.05) is 18.8 Å². The molecule has 1 atom stereocenters. The van der Waals surface area contributed by atoms with Crippen LogP contribution in [0.2, 0.25) is 0 Å². The van der Waals surface area contributed by atoms with Crippen LogP contribution in [0.15, 0.2) is 53.4 Å². The number of benzene rings is 2. The maximum Gasteiger partial charge on any atom is 0.265 e. The number of hydrogen-bond acceptors (Lipinski definition) is 5. The lowest BCUT2D eigenvalue weighted by Gasteiger charge is -2.19. The monoisotopic (exact) mass is 406 g/mol. The molecule has 0 unspecified atom stereocenters. The molecule has 2 aromatic carbocycles. The zero-order valence-electron chi connectivity index (χ0n) is 16.5. The SMILES string of the molecule is CCN(CC)S(=O)(=O)c1ccc(NC(=O)[C@@H](C)Oc2ccccc2OC)cc1. The van der Waals surface area contributed by atoms with Crippen LogP contribution in [-0.4, -0.2) is 44.9 Å². The fraction of sp³-hybridized carbons (Fsp3) is 0.350. The van der Waals surface area contributed by atoms with Crippen molar-refractivity contribution in [3.63, 3.8) is 0 Å². The molecule has 2 rings (SSSR count). The second-order valence-corrected chi connectivity index (χ2v) is 7.95. The molecule has 8 heteroatoms. The maximum absolute atomic E-state index is 12.5. The minimum atomic E-state index is -3.53. The van der Waals surface area contributed by atoms with E-state index in [4.69, 9.17) is 9.47 Å². The highest BCUT2D eigenvalue weighted by atomic mass is 32.2. The van der Waals surface area contributed by atoms with Crippen LogP contribution in [0.3, 0.4) is 0 Å². The number of amides is 1. The van der Waals surface area contributed by atoms with E-state index < -0.39 is 16.1 Å². The van der Waals surface area contributed by atoms with E-state index >= 15 is 0 Å². The zero-order chi connectivity index (χ0) is 20.7. The predicted molar refractivity (Wildman–Crippen MR) is 108 cm³/mol. The van der Waals surface area contributed by atoms with Gasteiger partial charge in [0.05, 0.1) is 12.0 Å². The third kappa shape index (κ3) is 5.02. The highest BCUT2D eigenvalue weighted by Crippen LogP contribution is 2.27. The molecular weight excluding hydrogens is 380 g/mol. The van der Waals surface area contributed by atoms with E-state index in [1.807, 2.05) is 6.07 Å². The van der Waals surface area contributed by atoms with Crippen LogP contribution < -0.4 is 14.8 Å². The fourth-order valence-electron chi connectivity index (χ4n) is 2.63. The van der Waals surface area contributed by atoms with Crippen molar-refractivity contribution in [2.45, 2.75) is 31.8 Å². The van der Waals surface area contributed by atoms with Crippen molar-refractivity contribution in [1.29, 1.82) is 0 Å². The van der Waals surface area contributed by atoms with Crippen LogP contribution in [0.4, 0.5) is 5.69 Å². The molecule has 0 aliphatic rings. The molecule has 0 fully saturated rings. The first-order valence-corrected chi connectivity index (χ1v) is 10.5. The first kappa shape index (κ1) is 21.7. The summed E-state index contributed by atoms with van der Waals surface area (Å²) >= 11 is 0. The Bertz CT molecular complexity index is 893. The standard InChI is InChI=1S/C20H26N2O5S/c1-5-22(6-2)28(24,25)17-13-11-16(12-14-17)21-20(23)15(3)27-19-10-8-7-9-18(19)26-4/h7-15H,5-6H2,1-4H3,(H,21,23)/t15-/m1/s1. The van der Waals surface area contributed by atoms with Crippen molar-refractivity contribution >= 4 is 21.6 Å². The average molecular weight is 407 g/mol. The minimum absolute atomic E-state index is 0.188. The number of nitrogens with one attached hydrogen (secondary N) is 1. The molecule has 0 saturated carbocycles. The molecule has 0 radical (unpaired) electrons. The molecule has 7 nitrogen and oxygen atoms in total. The predicted octanol–water partition coefficient (Wildman–Crippen LogP) is 3.13. The number of methoxy groups -OCH3 is 1. The largest absolute Gasteiger partial charge is 0.493 e. The van der Waals surface area contributed by atoms with Gasteiger partial charge in [-0.05, 0) is 43.3 Å². The van der Waals surface area contributed by atoms with Crippen molar-refractivity contribution in [2.24, 2.45) is 0 Å². The van der Waals surface area contributed by atoms with E-state index in [1.165, 1.54) is 23.5 Å². The molecule has 0 saturated heterocycles. The third-order valence-electron chi connectivity index (χ3n) is 4.21.